The van der Waals surface area contributed by atoms with Crippen molar-refractivity contribution in [3.8, 4) is 0 Å². The van der Waals surface area contributed by atoms with Crippen molar-refractivity contribution in [1.29, 1.82) is 0 Å². The number of para-hydroxylation sites is 1. The highest BCUT2D eigenvalue weighted by atomic mass is 16.6. The van der Waals surface area contributed by atoms with Gasteiger partial charge in [0.1, 0.15) is 11.6 Å². The summed E-state index contributed by atoms with van der Waals surface area (Å²) in [5.74, 6) is -1.20. The summed E-state index contributed by atoms with van der Waals surface area (Å²) in [7, 11) is 0. The van der Waals surface area contributed by atoms with E-state index in [2.05, 4.69) is 0 Å². The number of hydrogen-bond acceptors (Lipinski definition) is 4. The first-order chi connectivity index (χ1) is 12.7. The zero-order chi connectivity index (χ0) is 19.5. The van der Waals surface area contributed by atoms with E-state index in [0.29, 0.717) is 17.6 Å². The van der Waals surface area contributed by atoms with Crippen LogP contribution in [0.25, 0.3) is 10.9 Å². The molecule has 3 heterocycles. The average Bonchev–Trinajstić information content (AvgIpc) is 3.11. The van der Waals surface area contributed by atoms with E-state index in [1.165, 1.54) is 9.47 Å². The maximum Gasteiger partial charge on any atom is 0.419 e. The van der Waals surface area contributed by atoms with Crippen LogP contribution in [0, 0.1) is 0 Å². The van der Waals surface area contributed by atoms with E-state index < -0.39 is 29.7 Å². The van der Waals surface area contributed by atoms with Crippen molar-refractivity contribution in [3.63, 3.8) is 0 Å². The Bertz CT molecular complexity index is 969. The smallest absolute Gasteiger partial charge is 0.419 e. The van der Waals surface area contributed by atoms with Crippen LogP contribution in [0.15, 0.2) is 24.3 Å². The Morgan fingerprint density at radius 3 is 2.59 bits per heavy atom. The Hall–Kier alpha value is -2.83. The largest absolute Gasteiger partial charge is 0.480 e. The third kappa shape index (κ3) is 2.69. The lowest BCUT2D eigenvalue weighted by atomic mass is 9.92. The molecular formula is C20H22N2O5. The summed E-state index contributed by atoms with van der Waals surface area (Å²) in [6.45, 7) is 5.40. The highest BCUT2D eigenvalue weighted by molar-refractivity contribution is 5.96. The monoisotopic (exact) mass is 370 g/mol. The molecule has 1 N–H and O–H groups in total. The van der Waals surface area contributed by atoms with Crippen molar-refractivity contribution in [1.82, 2.24) is 9.47 Å². The molecule has 0 unspecified atom stereocenters. The minimum Gasteiger partial charge on any atom is -0.480 e. The number of nitrogens with zero attached hydrogens (tertiary/aromatic N) is 2. The van der Waals surface area contributed by atoms with Crippen LogP contribution in [-0.4, -0.2) is 44.2 Å². The molecule has 1 aromatic heterocycles. The molecule has 1 amide bonds. The first-order valence-corrected chi connectivity index (χ1v) is 9.08. The second-order valence-electron chi connectivity index (χ2n) is 8.11. The molecular weight excluding hydrogens is 348 g/mol. The molecule has 0 aliphatic carbocycles. The quantitative estimate of drug-likeness (QED) is 0.833. The molecule has 2 aliphatic rings. The number of carboxylic acid groups (broad SMARTS) is 1. The van der Waals surface area contributed by atoms with Gasteiger partial charge in [0, 0.05) is 18.2 Å². The fourth-order valence-corrected chi connectivity index (χ4v) is 4.26. The topological polar surface area (TPSA) is 88.8 Å². The number of carbonyl (C=O) groups excluding carboxylic acids is 2. The molecule has 7 heteroatoms. The van der Waals surface area contributed by atoms with Crippen molar-refractivity contribution in [2.45, 2.75) is 57.7 Å². The van der Waals surface area contributed by atoms with Gasteiger partial charge in [0.25, 0.3) is 0 Å². The van der Waals surface area contributed by atoms with Gasteiger partial charge >= 0.3 is 12.1 Å². The number of fused-ring (bicyclic) bond motifs is 5. The van der Waals surface area contributed by atoms with Crippen molar-refractivity contribution in [2.75, 3.05) is 0 Å². The predicted octanol–water partition coefficient (Wildman–Crippen LogP) is 3.10. The Morgan fingerprint density at radius 2 is 1.93 bits per heavy atom. The SMILES string of the molecule is CC(C)(C)OC(=O)n1c2c(c3ccccc31)C[C@@H](C(=O)O)N1C(=O)CC[C@H]21. The van der Waals surface area contributed by atoms with Gasteiger partial charge < -0.3 is 14.7 Å². The number of ether oxygens (including phenoxy) is 1. The second-order valence-corrected chi connectivity index (χ2v) is 8.11. The van der Waals surface area contributed by atoms with Gasteiger partial charge in [0.2, 0.25) is 5.91 Å². The maximum absolute atomic E-state index is 13.0. The number of aliphatic carboxylic acids is 1. The number of amides is 1. The molecule has 0 bridgehead atoms. The molecule has 0 saturated carbocycles. The van der Waals surface area contributed by atoms with Crippen molar-refractivity contribution < 1.29 is 24.2 Å². The van der Waals surface area contributed by atoms with Gasteiger partial charge in [0.15, 0.2) is 0 Å². The molecule has 1 aromatic carbocycles. The van der Waals surface area contributed by atoms with E-state index in [0.717, 1.165) is 10.9 Å². The lowest BCUT2D eigenvalue weighted by Gasteiger charge is -2.36. The zero-order valence-electron chi connectivity index (χ0n) is 15.6. The molecule has 7 nitrogen and oxygen atoms in total. The molecule has 2 aromatic rings. The van der Waals surface area contributed by atoms with Crippen LogP contribution in [0.4, 0.5) is 4.79 Å². The van der Waals surface area contributed by atoms with Gasteiger partial charge in [-0.1, -0.05) is 18.2 Å². The fraction of sp³-hybridized carbons (Fsp3) is 0.450. The number of rotatable bonds is 1. The van der Waals surface area contributed by atoms with Crippen LogP contribution < -0.4 is 0 Å². The van der Waals surface area contributed by atoms with Crippen molar-refractivity contribution in [2.24, 2.45) is 0 Å². The van der Waals surface area contributed by atoms with Gasteiger partial charge in [-0.15, -0.1) is 0 Å². The molecule has 142 valence electrons. The van der Waals surface area contributed by atoms with E-state index >= 15 is 0 Å². The first-order valence-electron chi connectivity index (χ1n) is 9.08. The Balaban J connectivity index is 1.96. The molecule has 1 fully saturated rings. The van der Waals surface area contributed by atoms with E-state index in [1.807, 2.05) is 24.3 Å². The van der Waals surface area contributed by atoms with Crippen molar-refractivity contribution in [3.05, 3.63) is 35.5 Å². The number of carbonyl (C=O) groups is 3. The van der Waals surface area contributed by atoms with Gasteiger partial charge in [-0.2, -0.15) is 0 Å². The van der Waals surface area contributed by atoms with Crippen LogP contribution in [0.1, 0.15) is 50.9 Å². The van der Waals surface area contributed by atoms with E-state index in [-0.39, 0.29) is 18.7 Å². The lowest BCUT2D eigenvalue weighted by Crippen LogP contribution is -2.48. The zero-order valence-corrected chi connectivity index (χ0v) is 15.6. The molecule has 27 heavy (non-hydrogen) atoms. The van der Waals surface area contributed by atoms with Crippen LogP contribution in [-0.2, 0) is 20.7 Å². The summed E-state index contributed by atoms with van der Waals surface area (Å²) in [6.07, 6.45) is 0.454. The number of aromatic nitrogens is 1. The standard InChI is InChI=1S/C20H22N2O5/c1-20(2,3)27-19(26)22-13-7-5-4-6-11(13)12-10-15(18(24)25)21-14(17(12)22)8-9-16(21)23/h4-7,14-15H,8-10H2,1-3H3,(H,24,25)/t14-,15+/m1/s1. The Kier molecular flexibility index (Phi) is 3.80. The average molecular weight is 370 g/mol. The highest BCUT2D eigenvalue weighted by Crippen LogP contribution is 2.45. The summed E-state index contributed by atoms with van der Waals surface area (Å²) in [6, 6.07) is 6.08. The molecule has 2 atom stereocenters. The number of carboxylic acids is 1. The van der Waals surface area contributed by atoms with Crippen LogP contribution in [0.3, 0.4) is 0 Å². The van der Waals surface area contributed by atoms with Gasteiger partial charge in [-0.25, -0.2) is 14.2 Å². The van der Waals surface area contributed by atoms with Gasteiger partial charge in [0.05, 0.1) is 17.3 Å². The normalized spacial score (nSPS) is 21.9. The van der Waals surface area contributed by atoms with Crippen molar-refractivity contribution >= 4 is 28.9 Å². The molecule has 4 rings (SSSR count). The predicted molar refractivity (Wildman–Crippen MR) is 97.5 cm³/mol. The Morgan fingerprint density at radius 1 is 1.22 bits per heavy atom. The molecule has 0 radical (unpaired) electrons. The second kappa shape index (κ2) is 5.84. The molecule has 0 spiro atoms. The third-order valence-corrected chi connectivity index (χ3v) is 5.19. The fourth-order valence-electron chi connectivity index (χ4n) is 4.26. The molecule has 1 saturated heterocycles. The Labute approximate surface area is 156 Å². The summed E-state index contributed by atoms with van der Waals surface area (Å²) >= 11 is 0. The van der Waals surface area contributed by atoms with E-state index in [9.17, 15) is 19.5 Å². The number of benzene rings is 1. The maximum atomic E-state index is 13.0. The van der Waals surface area contributed by atoms with E-state index in [1.54, 1.807) is 20.8 Å². The summed E-state index contributed by atoms with van der Waals surface area (Å²) < 4.78 is 7.14. The number of hydrogen-bond donors (Lipinski definition) is 1. The van der Waals surface area contributed by atoms with Gasteiger partial charge in [-0.05, 0) is 38.8 Å². The van der Waals surface area contributed by atoms with Crippen LogP contribution in [0.5, 0.6) is 0 Å². The summed E-state index contributed by atoms with van der Waals surface area (Å²) in [5.41, 5.74) is 1.52. The summed E-state index contributed by atoms with van der Waals surface area (Å²) in [5, 5.41) is 10.5. The van der Waals surface area contributed by atoms with Crippen LogP contribution in [0.2, 0.25) is 0 Å². The van der Waals surface area contributed by atoms with Crippen LogP contribution >= 0.6 is 0 Å². The lowest BCUT2D eigenvalue weighted by molar-refractivity contribution is -0.150. The third-order valence-electron chi connectivity index (χ3n) is 5.19. The van der Waals surface area contributed by atoms with Gasteiger partial charge in [-0.3, -0.25) is 4.79 Å². The minimum atomic E-state index is -1.02. The molecule has 2 aliphatic heterocycles. The minimum absolute atomic E-state index is 0.181. The first kappa shape index (κ1) is 17.6. The van der Waals surface area contributed by atoms with E-state index in [4.69, 9.17) is 4.74 Å². The highest BCUT2D eigenvalue weighted by Gasteiger charge is 2.48. The summed E-state index contributed by atoms with van der Waals surface area (Å²) in [4.78, 5) is 38.7.